The van der Waals surface area contributed by atoms with Gasteiger partial charge in [-0.3, -0.25) is 14.4 Å². The maximum absolute atomic E-state index is 12.2. The highest BCUT2D eigenvalue weighted by atomic mass is 16.5. The molecular weight excluding hydrogens is 292 g/mol. The summed E-state index contributed by atoms with van der Waals surface area (Å²) in [5.74, 6) is -2.38. The Labute approximate surface area is 129 Å². The number of methoxy groups -OCH3 is 2. The van der Waals surface area contributed by atoms with Gasteiger partial charge >= 0.3 is 11.9 Å². The fourth-order valence-electron chi connectivity index (χ4n) is 1.55. The van der Waals surface area contributed by atoms with Crippen LogP contribution in [0, 0.1) is 0 Å². The van der Waals surface area contributed by atoms with Crippen molar-refractivity contribution in [2.45, 2.75) is 38.3 Å². The van der Waals surface area contributed by atoms with Gasteiger partial charge in [-0.05, 0) is 6.42 Å². The number of nitrogens with one attached hydrogen (secondary N) is 2. The summed E-state index contributed by atoms with van der Waals surface area (Å²) in [5, 5.41) is 4.88. The van der Waals surface area contributed by atoms with Gasteiger partial charge in [0.25, 0.3) is 0 Å². The number of amides is 2. The minimum atomic E-state index is -1.18. The van der Waals surface area contributed by atoms with E-state index in [-0.39, 0.29) is 25.2 Å². The van der Waals surface area contributed by atoms with E-state index in [0.717, 1.165) is 7.11 Å². The largest absolute Gasteiger partial charge is 0.469 e. The number of esters is 2. The molecule has 0 aliphatic heterocycles. The summed E-state index contributed by atoms with van der Waals surface area (Å²) in [6.45, 7) is 5.16. The molecule has 0 saturated heterocycles. The highest BCUT2D eigenvalue weighted by Crippen LogP contribution is 2.01. The van der Waals surface area contributed by atoms with Crippen LogP contribution in [-0.4, -0.2) is 50.1 Å². The van der Waals surface area contributed by atoms with Crippen LogP contribution in [-0.2, 0) is 28.7 Å². The molecule has 0 bridgehead atoms. The van der Waals surface area contributed by atoms with E-state index in [9.17, 15) is 19.2 Å². The van der Waals surface area contributed by atoms with Crippen molar-refractivity contribution in [2.24, 2.45) is 0 Å². The lowest BCUT2D eigenvalue weighted by Gasteiger charge is -2.20. The summed E-state index contributed by atoms with van der Waals surface area (Å²) < 4.78 is 8.99. The molecule has 0 heterocycles. The minimum Gasteiger partial charge on any atom is -0.469 e. The quantitative estimate of drug-likeness (QED) is 0.446. The lowest BCUT2D eigenvalue weighted by atomic mass is 10.1. The van der Waals surface area contributed by atoms with Crippen molar-refractivity contribution in [3.05, 3.63) is 12.7 Å². The van der Waals surface area contributed by atoms with Gasteiger partial charge in [0.05, 0.1) is 20.6 Å². The van der Waals surface area contributed by atoms with Crippen molar-refractivity contribution in [3.63, 3.8) is 0 Å². The van der Waals surface area contributed by atoms with Crippen LogP contribution in [0.4, 0.5) is 0 Å². The molecule has 0 aromatic rings. The summed E-state index contributed by atoms with van der Waals surface area (Å²) in [5.41, 5.74) is 0. The zero-order chi connectivity index (χ0) is 17.1. The summed E-state index contributed by atoms with van der Waals surface area (Å²) in [7, 11) is 2.30. The molecule has 0 fully saturated rings. The molecule has 0 aliphatic carbocycles. The normalized spacial score (nSPS) is 12.5. The molecule has 22 heavy (non-hydrogen) atoms. The van der Waals surface area contributed by atoms with Crippen LogP contribution < -0.4 is 10.6 Å². The van der Waals surface area contributed by atoms with Crippen molar-refractivity contribution in [1.29, 1.82) is 0 Å². The average Bonchev–Trinajstić information content (AvgIpc) is 2.52. The van der Waals surface area contributed by atoms with Gasteiger partial charge in [-0.15, -0.1) is 6.58 Å². The maximum atomic E-state index is 12.2. The number of carbonyl (C=O) groups is 4. The molecule has 2 atom stereocenters. The predicted octanol–water partition coefficient (Wildman–Crippen LogP) is -0.322. The van der Waals surface area contributed by atoms with Crippen LogP contribution in [0.1, 0.15) is 26.2 Å². The maximum Gasteiger partial charge on any atom is 0.328 e. The van der Waals surface area contributed by atoms with Gasteiger partial charge in [0, 0.05) is 6.42 Å². The summed E-state index contributed by atoms with van der Waals surface area (Å²) >= 11 is 0. The zero-order valence-electron chi connectivity index (χ0n) is 13.0. The highest BCUT2D eigenvalue weighted by molar-refractivity contribution is 5.92. The van der Waals surface area contributed by atoms with Gasteiger partial charge in [-0.25, -0.2) is 4.79 Å². The Hall–Kier alpha value is -2.38. The van der Waals surface area contributed by atoms with E-state index >= 15 is 0 Å². The van der Waals surface area contributed by atoms with E-state index in [4.69, 9.17) is 0 Å². The van der Waals surface area contributed by atoms with E-state index in [1.165, 1.54) is 13.2 Å². The van der Waals surface area contributed by atoms with Crippen molar-refractivity contribution in [3.8, 4) is 0 Å². The molecule has 0 aromatic carbocycles. The Bertz CT molecular complexity index is 435. The third-order valence-corrected chi connectivity index (χ3v) is 2.78. The third kappa shape index (κ3) is 6.87. The molecule has 8 heteroatoms. The van der Waals surface area contributed by atoms with Crippen molar-refractivity contribution in [1.82, 2.24) is 10.6 Å². The van der Waals surface area contributed by atoms with Gasteiger partial charge in [-0.2, -0.15) is 0 Å². The molecule has 124 valence electrons. The molecular formula is C14H22N2O6. The fraction of sp³-hybridized carbons (Fsp3) is 0.571. The van der Waals surface area contributed by atoms with Crippen LogP contribution in [0.25, 0.3) is 0 Å². The van der Waals surface area contributed by atoms with Crippen molar-refractivity contribution < 1.29 is 28.7 Å². The van der Waals surface area contributed by atoms with E-state index < -0.39 is 29.9 Å². The molecule has 0 aromatic heterocycles. The molecule has 2 unspecified atom stereocenters. The second kappa shape index (κ2) is 10.4. The summed E-state index contributed by atoms with van der Waals surface area (Å²) in [6.07, 6.45) is 1.50. The predicted molar refractivity (Wildman–Crippen MR) is 77.6 cm³/mol. The second-order valence-electron chi connectivity index (χ2n) is 4.36. The fourth-order valence-corrected chi connectivity index (χ4v) is 1.55. The third-order valence-electron chi connectivity index (χ3n) is 2.78. The molecule has 0 spiro atoms. The van der Waals surface area contributed by atoms with Crippen LogP contribution >= 0.6 is 0 Å². The molecule has 2 N–H and O–H groups in total. The Kier molecular flexibility index (Phi) is 9.24. The zero-order valence-corrected chi connectivity index (χ0v) is 13.0. The average molecular weight is 314 g/mol. The first-order chi connectivity index (χ1) is 10.4. The lowest BCUT2D eigenvalue weighted by molar-refractivity contribution is -0.151. The number of carbonyl (C=O) groups excluding carboxylic acids is 4. The van der Waals surface area contributed by atoms with Crippen LogP contribution in [0.3, 0.4) is 0 Å². The molecule has 8 nitrogen and oxygen atoms in total. The molecule has 2 amide bonds. The smallest absolute Gasteiger partial charge is 0.328 e. The van der Waals surface area contributed by atoms with E-state index in [1.807, 2.05) is 0 Å². The minimum absolute atomic E-state index is 0.184. The molecule has 0 aliphatic rings. The number of hydrogen-bond donors (Lipinski definition) is 2. The topological polar surface area (TPSA) is 111 Å². The highest BCUT2D eigenvalue weighted by Gasteiger charge is 2.28. The second-order valence-corrected chi connectivity index (χ2v) is 4.36. The Balaban J connectivity index is 4.93. The van der Waals surface area contributed by atoms with E-state index in [0.29, 0.717) is 0 Å². The number of rotatable bonds is 9. The standard InChI is InChI=1S/C14H22N2O6/c1-5-7-9(15-11(17)6-2)13(19)16-10(14(20)22-4)8-12(18)21-3/h5,9-10H,1,6-8H2,2-4H3,(H,15,17)(H,16,19). The van der Waals surface area contributed by atoms with E-state index in [2.05, 4.69) is 26.7 Å². The Morgan fingerprint density at radius 2 is 1.73 bits per heavy atom. The molecule has 0 radical (unpaired) electrons. The SMILES string of the molecule is C=CCC(NC(=O)CC)C(=O)NC(CC(=O)OC)C(=O)OC. The Morgan fingerprint density at radius 3 is 2.18 bits per heavy atom. The van der Waals surface area contributed by atoms with Crippen LogP contribution in [0.15, 0.2) is 12.7 Å². The van der Waals surface area contributed by atoms with E-state index in [1.54, 1.807) is 6.92 Å². The number of ether oxygens (including phenoxy) is 2. The molecule has 0 rings (SSSR count). The van der Waals surface area contributed by atoms with Crippen LogP contribution in [0.2, 0.25) is 0 Å². The summed E-state index contributed by atoms with van der Waals surface area (Å²) in [6, 6.07) is -2.06. The monoisotopic (exact) mass is 314 g/mol. The first kappa shape index (κ1) is 19.6. The first-order valence-electron chi connectivity index (χ1n) is 6.74. The Morgan fingerprint density at radius 1 is 1.09 bits per heavy atom. The van der Waals surface area contributed by atoms with Crippen LogP contribution in [0.5, 0.6) is 0 Å². The molecule has 0 saturated carbocycles. The van der Waals surface area contributed by atoms with Gasteiger partial charge in [0.15, 0.2) is 0 Å². The first-order valence-corrected chi connectivity index (χ1v) is 6.74. The summed E-state index contributed by atoms with van der Waals surface area (Å²) in [4.78, 5) is 46.4. The van der Waals surface area contributed by atoms with Crippen molar-refractivity contribution >= 4 is 23.8 Å². The van der Waals surface area contributed by atoms with Crippen molar-refractivity contribution in [2.75, 3.05) is 14.2 Å². The van der Waals surface area contributed by atoms with Gasteiger partial charge < -0.3 is 20.1 Å². The van der Waals surface area contributed by atoms with Gasteiger partial charge in [-0.1, -0.05) is 13.0 Å². The van der Waals surface area contributed by atoms with Gasteiger partial charge in [0.2, 0.25) is 11.8 Å². The number of hydrogen-bond acceptors (Lipinski definition) is 6. The van der Waals surface area contributed by atoms with Gasteiger partial charge in [0.1, 0.15) is 12.1 Å². The lowest BCUT2D eigenvalue weighted by Crippen LogP contribution is -2.52.